The molecule has 0 unspecified atom stereocenters. The largest absolute Gasteiger partial charge is 0.296 e. The maximum absolute atomic E-state index is 11.6. The summed E-state index contributed by atoms with van der Waals surface area (Å²) in [6.07, 6.45) is -1.89. The summed E-state index contributed by atoms with van der Waals surface area (Å²) >= 11 is 0. The van der Waals surface area contributed by atoms with E-state index in [-0.39, 0.29) is 13.0 Å². The van der Waals surface area contributed by atoms with Crippen molar-refractivity contribution in [2.75, 3.05) is 0 Å². The van der Waals surface area contributed by atoms with Gasteiger partial charge in [-0.25, -0.2) is 13.5 Å². The lowest BCUT2D eigenvalue weighted by Gasteiger charge is -1.97. The number of rotatable bonds is 4. The zero-order valence-corrected chi connectivity index (χ0v) is 6.02. The number of tetrazole rings is 1. The summed E-state index contributed by atoms with van der Waals surface area (Å²) in [5, 5.41) is 9.96. The van der Waals surface area contributed by atoms with Crippen LogP contribution in [0.5, 0.6) is 0 Å². The van der Waals surface area contributed by atoms with E-state index in [0.717, 1.165) is 0 Å². The van der Waals surface area contributed by atoms with Crippen LogP contribution in [-0.4, -0.2) is 32.4 Å². The van der Waals surface area contributed by atoms with Gasteiger partial charge in [-0.05, 0) is 10.4 Å². The van der Waals surface area contributed by atoms with Crippen LogP contribution in [0.25, 0.3) is 0 Å². The van der Waals surface area contributed by atoms with Gasteiger partial charge in [0.05, 0.1) is 6.54 Å². The Balaban J connectivity index is 2.32. The van der Waals surface area contributed by atoms with Crippen molar-refractivity contribution in [3.05, 3.63) is 6.33 Å². The average molecular weight is 176 g/mol. The number of Topliss-reactive ketones (excluding diaryl/α,β-unsaturated/α-hetero) is 1. The van der Waals surface area contributed by atoms with Gasteiger partial charge in [0.2, 0.25) is 5.78 Å². The maximum atomic E-state index is 11.6. The van der Waals surface area contributed by atoms with Crippen LogP contribution in [0.1, 0.15) is 6.42 Å². The molecular formula is C5H6F2N4O. The molecule has 0 aromatic carbocycles. The van der Waals surface area contributed by atoms with Crippen molar-refractivity contribution in [2.24, 2.45) is 0 Å². The van der Waals surface area contributed by atoms with Gasteiger partial charge in [0.15, 0.2) is 0 Å². The van der Waals surface area contributed by atoms with Gasteiger partial charge >= 0.3 is 0 Å². The summed E-state index contributed by atoms with van der Waals surface area (Å²) in [6, 6.07) is 0. The Kier molecular flexibility index (Phi) is 2.78. The molecule has 0 bridgehead atoms. The number of hydrogen-bond donors (Lipinski definition) is 0. The SMILES string of the molecule is O=C(CCn1cnnn1)C(F)F. The fourth-order valence-corrected chi connectivity index (χ4v) is 0.617. The Bertz CT molecular complexity index is 248. The van der Waals surface area contributed by atoms with Crippen molar-refractivity contribution in [2.45, 2.75) is 19.4 Å². The first-order chi connectivity index (χ1) is 5.70. The van der Waals surface area contributed by atoms with Crippen LogP contribution in [0.3, 0.4) is 0 Å². The van der Waals surface area contributed by atoms with Gasteiger partial charge in [-0.1, -0.05) is 0 Å². The van der Waals surface area contributed by atoms with Crippen molar-refractivity contribution >= 4 is 5.78 Å². The maximum Gasteiger partial charge on any atom is 0.296 e. The third kappa shape index (κ3) is 2.33. The van der Waals surface area contributed by atoms with Crippen molar-refractivity contribution in [3.8, 4) is 0 Å². The standard InChI is InChI=1S/C5H6F2N4O/c6-5(7)4(12)1-2-11-3-8-9-10-11/h3,5H,1-2H2. The summed E-state index contributed by atoms with van der Waals surface area (Å²) in [7, 11) is 0. The molecule has 0 amide bonds. The average Bonchev–Trinajstić information content (AvgIpc) is 2.51. The van der Waals surface area contributed by atoms with E-state index in [4.69, 9.17) is 0 Å². The molecule has 7 heteroatoms. The number of carbonyl (C=O) groups is 1. The summed E-state index contributed by atoms with van der Waals surface area (Å²) in [6.45, 7) is 0.0934. The highest BCUT2D eigenvalue weighted by molar-refractivity contribution is 5.81. The first kappa shape index (κ1) is 8.69. The predicted octanol–water partition coefficient (Wildman–Crippen LogP) is -0.103. The molecule has 0 fully saturated rings. The van der Waals surface area contributed by atoms with Gasteiger partial charge in [0.25, 0.3) is 6.43 Å². The summed E-state index contributed by atoms with van der Waals surface area (Å²) in [4.78, 5) is 10.4. The lowest BCUT2D eigenvalue weighted by molar-refractivity contribution is -0.129. The topological polar surface area (TPSA) is 60.7 Å². The van der Waals surface area contributed by atoms with E-state index in [1.54, 1.807) is 0 Å². The second-order valence-electron chi connectivity index (χ2n) is 2.09. The van der Waals surface area contributed by atoms with E-state index in [1.165, 1.54) is 11.0 Å². The Morgan fingerprint density at radius 1 is 1.58 bits per heavy atom. The van der Waals surface area contributed by atoms with E-state index in [0.29, 0.717) is 0 Å². The fraction of sp³-hybridized carbons (Fsp3) is 0.600. The second kappa shape index (κ2) is 3.84. The van der Waals surface area contributed by atoms with Gasteiger partial charge in [-0.3, -0.25) is 4.79 Å². The van der Waals surface area contributed by atoms with Crippen molar-refractivity contribution in [3.63, 3.8) is 0 Å². The zero-order chi connectivity index (χ0) is 8.97. The fourth-order valence-electron chi connectivity index (χ4n) is 0.617. The van der Waals surface area contributed by atoms with Crippen molar-refractivity contribution in [1.82, 2.24) is 20.2 Å². The Morgan fingerprint density at radius 3 is 2.83 bits per heavy atom. The Labute approximate surface area is 66.4 Å². The molecule has 1 aromatic heterocycles. The molecule has 0 aliphatic heterocycles. The molecule has 1 heterocycles. The molecule has 0 aliphatic carbocycles. The molecule has 0 N–H and O–H groups in total. The minimum absolute atomic E-state index is 0.0934. The number of aryl methyl sites for hydroxylation is 1. The predicted molar refractivity (Wildman–Crippen MR) is 33.4 cm³/mol. The van der Waals surface area contributed by atoms with Crippen molar-refractivity contribution < 1.29 is 13.6 Å². The van der Waals surface area contributed by atoms with Gasteiger partial charge in [0, 0.05) is 6.42 Å². The number of nitrogens with zero attached hydrogens (tertiary/aromatic N) is 4. The smallest absolute Gasteiger partial charge is 0.293 e. The highest BCUT2D eigenvalue weighted by Gasteiger charge is 2.14. The zero-order valence-electron chi connectivity index (χ0n) is 6.02. The molecule has 66 valence electrons. The molecule has 1 rings (SSSR count). The number of halogens is 2. The first-order valence-electron chi connectivity index (χ1n) is 3.22. The van der Waals surface area contributed by atoms with Crippen LogP contribution in [0.15, 0.2) is 6.33 Å². The van der Waals surface area contributed by atoms with Gasteiger partial charge in [-0.2, -0.15) is 0 Å². The number of hydrogen-bond acceptors (Lipinski definition) is 4. The number of ketones is 1. The molecule has 0 aliphatic rings. The monoisotopic (exact) mass is 176 g/mol. The minimum atomic E-state index is -2.90. The summed E-state index contributed by atoms with van der Waals surface area (Å²) in [5.74, 6) is -1.09. The van der Waals surface area contributed by atoms with Crippen LogP contribution < -0.4 is 0 Å². The normalized spacial score (nSPS) is 10.6. The van der Waals surface area contributed by atoms with Crippen LogP contribution in [0.2, 0.25) is 0 Å². The molecule has 5 nitrogen and oxygen atoms in total. The second-order valence-corrected chi connectivity index (χ2v) is 2.09. The Morgan fingerprint density at radius 2 is 2.33 bits per heavy atom. The lowest BCUT2D eigenvalue weighted by atomic mass is 10.3. The summed E-state index contributed by atoms with van der Waals surface area (Å²) in [5.41, 5.74) is 0. The summed E-state index contributed by atoms with van der Waals surface area (Å²) < 4.78 is 24.5. The number of alkyl halides is 2. The third-order valence-corrected chi connectivity index (χ3v) is 1.22. The van der Waals surface area contributed by atoms with Gasteiger partial charge < -0.3 is 0 Å². The lowest BCUT2D eigenvalue weighted by Crippen LogP contribution is -2.13. The van der Waals surface area contributed by atoms with Gasteiger partial charge in [0.1, 0.15) is 6.33 Å². The molecule has 12 heavy (non-hydrogen) atoms. The van der Waals surface area contributed by atoms with Crippen molar-refractivity contribution in [1.29, 1.82) is 0 Å². The van der Waals surface area contributed by atoms with Crippen LogP contribution in [0.4, 0.5) is 8.78 Å². The van der Waals surface area contributed by atoms with Crippen LogP contribution in [-0.2, 0) is 11.3 Å². The van der Waals surface area contributed by atoms with E-state index in [2.05, 4.69) is 15.5 Å². The molecule has 1 aromatic rings. The molecule has 0 saturated carbocycles. The molecule has 0 saturated heterocycles. The number of carbonyl (C=O) groups excluding carboxylic acids is 1. The molecule has 0 atom stereocenters. The number of aromatic nitrogens is 4. The highest BCUT2D eigenvalue weighted by atomic mass is 19.3. The van der Waals surface area contributed by atoms with E-state index < -0.39 is 12.2 Å². The quantitative estimate of drug-likeness (QED) is 0.642. The van der Waals surface area contributed by atoms with Crippen LogP contribution >= 0.6 is 0 Å². The van der Waals surface area contributed by atoms with E-state index in [9.17, 15) is 13.6 Å². The molecule has 0 spiro atoms. The van der Waals surface area contributed by atoms with Crippen LogP contribution in [0, 0.1) is 0 Å². The minimum Gasteiger partial charge on any atom is -0.293 e. The van der Waals surface area contributed by atoms with E-state index >= 15 is 0 Å². The third-order valence-electron chi connectivity index (χ3n) is 1.22. The first-order valence-corrected chi connectivity index (χ1v) is 3.22. The Hall–Kier alpha value is -1.40. The molecule has 0 radical (unpaired) electrons. The molecular weight excluding hydrogens is 170 g/mol. The highest BCUT2D eigenvalue weighted by Crippen LogP contribution is 1.99. The van der Waals surface area contributed by atoms with E-state index in [1.807, 2.05) is 0 Å². The van der Waals surface area contributed by atoms with Gasteiger partial charge in [-0.15, -0.1) is 5.10 Å².